The second-order valence-electron chi connectivity index (χ2n) is 11.2. The highest BCUT2D eigenvalue weighted by Gasteiger charge is 2.34. The monoisotopic (exact) mass is 647 g/mol. The number of allylic oxidation sites excluding steroid dienone is 1. The number of benzene rings is 3. The quantitative estimate of drug-likeness (QED) is 0.176. The molecule has 3 aromatic carbocycles. The Morgan fingerprint density at radius 1 is 0.915 bits per heavy atom. The molecule has 47 heavy (non-hydrogen) atoms. The summed E-state index contributed by atoms with van der Waals surface area (Å²) in [5.41, 5.74) is 7.63. The van der Waals surface area contributed by atoms with E-state index in [1.54, 1.807) is 31.6 Å². The van der Waals surface area contributed by atoms with Crippen LogP contribution in [0.5, 0.6) is 11.5 Å². The maximum atomic E-state index is 14.3. The van der Waals surface area contributed by atoms with Crippen LogP contribution in [0.1, 0.15) is 49.3 Å². The highest BCUT2D eigenvalue weighted by Crippen LogP contribution is 2.36. The lowest BCUT2D eigenvalue weighted by atomic mass is 9.95. The number of thiazole rings is 1. The molecular formula is C38H37N3O5S. The first-order chi connectivity index (χ1) is 22.7. The molecule has 8 nitrogen and oxygen atoms in total. The number of hydrogen-bond donors (Lipinski definition) is 0. The number of aryl methyl sites for hydroxylation is 1. The smallest absolute Gasteiger partial charge is 0.338 e. The molecule has 0 radical (unpaired) electrons. The Hall–Kier alpha value is -5.15. The van der Waals surface area contributed by atoms with Gasteiger partial charge in [-0.3, -0.25) is 9.36 Å². The third kappa shape index (κ3) is 5.94. The number of carbonyl (C=O) groups is 1. The van der Waals surface area contributed by atoms with Gasteiger partial charge in [0.15, 0.2) is 16.3 Å². The van der Waals surface area contributed by atoms with Crippen LogP contribution in [0.25, 0.3) is 22.9 Å². The minimum absolute atomic E-state index is 0.199. The van der Waals surface area contributed by atoms with Crippen molar-refractivity contribution in [1.29, 1.82) is 0 Å². The highest BCUT2D eigenvalue weighted by atomic mass is 32.1. The second kappa shape index (κ2) is 13.3. The van der Waals surface area contributed by atoms with E-state index in [1.807, 2.05) is 43.3 Å². The van der Waals surface area contributed by atoms with Crippen LogP contribution in [0.3, 0.4) is 0 Å². The first kappa shape index (κ1) is 31.8. The van der Waals surface area contributed by atoms with E-state index in [0.29, 0.717) is 44.3 Å². The van der Waals surface area contributed by atoms with Gasteiger partial charge in [-0.25, -0.2) is 9.79 Å². The average molecular weight is 648 g/mol. The Morgan fingerprint density at radius 2 is 1.64 bits per heavy atom. The molecule has 5 aromatic rings. The van der Waals surface area contributed by atoms with E-state index in [-0.39, 0.29) is 12.2 Å². The highest BCUT2D eigenvalue weighted by molar-refractivity contribution is 7.07. The lowest BCUT2D eigenvalue weighted by molar-refractivity contribution is -0.139. The largest absolute Gasteiger partial charge is 0.493 e. The van der Waals surface area contributed by atoms with Crippen LogP contribution in [0, 0.1) is 13.8 Å². The fourth-order valence-corrected chi connectivity index (χ4v) is 7.18. The molecule has 0 bridgehead atoms. The predicted molar refractivity (Wildman–Crippen MR) is 185 cm³/mol. The number of nitrogens with zero attached hydrogens (tertiary/aromatic N) is 3. The van der Waals surface area contributed by atoms with E-state index < -0.39 is 12.0 Å². The van der Waals surface area contributed by atoms with Gasteiger partial charge in [0.1, 0.15) is 0 Å². The van der Waals surface area contributed by atoms with E-state index in [4.69, 9.17) is 19.2 Å². The number of carbonyl (C=O) groups excluding carboxylic acids is 1. The van der Waals surface area contributed by atoms with Crippen molar-refractivity contribution in [3.8, 4) is 28.3 Å². The van der Waals surface area contributed by atoms with Crippen LogP contribution in [0.15, 0.2) is 99.9 Å². The summed E-state index contributed by atoms with van der Waals surface area (Å²) in [6, 6.07) is 25.6. The Morgan fingerprint density at radius 3 is 2.32 bits per heavy atom. The van der Waals surface area contributed by atoms with Gasteiger partial charge in [0.25, 0.3) is 5.56 Å². The van der Waals surface area contributed by atoms with Crippen molar-refractivity contribution in [1.82, 2.24) is 9.13 Å². The topological polar surface area (TPSA) is 84.1 Å². The molecule has 0 fully saturated rings. The Bertz CT molecular complexity index is 2170. The zero-order chi connectivity index (χ0) is 33.2. The van der Waals surface area contributed by atoms with E-state index in [1.165, 1.54) is 16.9 Å². The Balaban J connectivity index is 1.46. The minimum atomic E-state index is -0.756. The number of esters is 1. The maximum absolute atomic E-state index is 14.3. The first-order valence-electron chi connectivity index (χ1n) is 15.6. The summed E-state index contributed by atoms with van der Waals surface area (Å²) in [6.07, 6.45) is 1.92. The van der Waals surface area contributed by atoms with Gasteiger partial charge in [-0.1, -0.05) is 59.9 Å². The van der Waals surface area contributed by atoms with Crippen molar-refractivity contribution >= 4 is 23.4 Å². The maximum Gasteiger partial charge on any atom is 0.338 e. The van der Waals surface area contributed by atoms with Gasteiger partial charge >= 0.3 is 5.97 Å². The van der Waals surface area contributed by atoms with Gasteiger partial charge < -0.3 is 18.8 Å². The van der Waals surface area contributed by atoms with Gasteiger partial charge in [0, 0.05) is 17.1 Å². The number of methoxy groups -OCH3 is 1. The van der Waals surface area contributed by atoms with E-state index in [0.717, 1.165) is 28.2 Å². The number of ether oxygens (including phenoxy) is 3. The van der Waals surface area contributed by atoms with Gasteiger partial charge in [-0.05, 0) is 93.3 Å². The number of hydrogen-bond acceptors (Lipinski definition) is 7. The summed E-state index contributed by atoms with van der Waals surface area (Å²) in [7, 11) is 1.57. The van der Waals surface area contributed by atoms with Crippen molar-refractivity contribution < 1.29 is 19.0 Å². The summed E-state index contributed by atoms with van der Waals surface area (Å²) in [6.45, 7) is 10.2. The third-order valence-corrected chi connectivity index (χ3v) is 9.29. The average Bonchev–Trinajstić information content (AvgIpc) is 3.53. The van der Waals surface area contributed by atoms with Gasteiger partial charge in [0.2, 0.25) is 0 Å². The molecule has 1 atom stereocenters. The molecule has 0 N–H and O–H groups in total. The zero-order valence-corrected chi connectivity index (χ0v) is 28.2. The lowest BCUT2D eigenvalue weighted by Crippen LogP contribution is -2.40. The molecule has 0 aliphatic carbocycles. The standard InChI is InChI=1S/C38H37N3O5S/c1-7-45-32-21-28(16-19-31(32)44-6)35-34(37(43)46-8-2)24(4)39-38-41(35)36(42)33(47-38)22-29-20-23(3)40(25(29)5)30-17-14-27(15-18-30)26-12-10-9-11-13-26/h9-22,35H,7-8H2,1-6H3/b33-22-/t35-/m1/s1. The molecule has 0 saturated carbocycles. The Kier molecular flexibility index (Phi) is 9.00. The molecule has 0 spiro atoms. The fraction of sp³-hybridized carbons (Fsp3) is 0.237. The fourth-order valence-electron chi connectivity index (χ4n) is 6.14. The molecular weight excluding hydrogens is 611 g/mol. The van der Waals surface area contributed by atoms with Crippen molar-refractivity contribution in [2.45, 2.75) is 40.7 Å². The summed E-state index contributed by atoms with van der Waals surface area (Å²) in [5, 5.41) is 0. The zero-order valence-electron chi connectivity index (χ0n) is 27.4. The van der Waals surface area contributed by atoms with Gasteiger partial charge in [-0.2, -0.15) is 0 Å². The SMILES string of the molecule is CCOC(=O)C1=C(C)N=c2s/c(=C\c3cc(C)n(-c4ccc(-c5ccccc5)cc4)c3C)c(=O)n2[C@@H]1c1ccc(OC)c(OCC)c1. The van der Waals surface area contributed by atoms with Crippen LogP contribution in [-0.2, 0) is 9.53 Å². The third-order valence-electron chi connectivity index (χ3n) is 8.31. The van der Waals surface area contributed by atoms with Crippen molar-refractivity contribution in [2.24, 2.45) is 4.99 Å². The van der Waals surface area contributed by atoms with Crippen LogP contribution in [0.2, 0.25) is 0 Å². The van der Waals surface area contributed by atoms with E-state index in [9.17, 15) is 9.59 Å². The van der Waals surface area contributed by atoms with Crippen LogP contribution >= 0.6 is 11.3 Å². The summed E-state index contributed by atoms with van der Waals surface area (Å²) < 4.78 is 21.1. The molecule has 2 aromatic heterocycles. The van der Waals surface area contributed by atoms with Crippen molar-refractivity contribution in [3.63, 3.8) is 0 Å². The molecule has 3 heterocycles. The van der Waals surface area contributed by atoms with Crippen LogP contribution < -0.4 is 24.4 Å². The van der Waals surface area contributed by atoms with E-state index in [2.05, 4.69) is 60.9 Å². The van der Waals surface area contributed by atoms with Gasteiger partial charge in [-0.15, -0.1) is 0 Å². The minimum Gasteiger partial charge on any atom is -0.493 e. The molecule has 0 amide bonds. The molecule has 1 aliphatic heterocycles. The number of fused-ring (bicyclic) bond motifs is 1. The predicted octanol–water partition coefficient (Wildman–Crippen LogP) is 6.28. The molecule has 1 aliphatic rings. The van der Waals surface area contributed by atoms with E-state index >= 15 is 0 Å². The van der Waals surface area contributed by atoms with Crippen molar-refractivity contribution in [3.05, 3.63) is 132 Å². The van der Waals surface area contributed by atoms with Gasteiger partial charge in [0.05, 0.1) is 42.2 Å². The van der Waals surface area contributed by atoms with Crippen LogP contribution in [-0.4, -0.2) is 35.4 Å². The number of rotatable bonds is 9. The second-order valence-corrected chi connectivity index (χ2v) is 12.2. The molecule has 0 unspecified atom stereocenters. The normalized spacial score (nSPS) is 14.5. The van der Waals surface area contributed by atoms with Crippen LogP contribution in [0.4, 0.5) is 0 Å². The van der Waals surface area contributed by atoms with Crippen molar-refractivity contribution in [2.75, 3.05) is 20.3 Å². The number of aromatic nitrogens is 2. The Labute approximate surface area is 277 Å². The molecule has 240 valence electrons. The lowest BCUT2D eigenvalue weighted by Gasteiger charge is -2.25. The summed E-state index contributed by atoms with van der Waals surface area (Å²) in [4.78, 5) is 32.8. The molecule has 9 heteroatoms. The molecule has 0 saturated heterocycles. The first-order valence-corrected chi connectivity index (χ1v) is 16.4. The summed E-state index contributed by atoms with van der Waals surface area (Å²) in [5.74, 6) is 0.576. The molecule has 6 rings (SSSR count). The summed E-state index contributed by atoms with van der Waals surface area (Å²) >= 11 is 1.30.